The predicted octanol–water partition coefficient (Wildman–Crippen LogP) is 4.79. The van der Waals surface area contributed by atoms with Crippen molar-refractivity contribution < 1.29 is 32.9 Å². The summed E-state index contributed by atoms with van der Waals surface area (Å²) in [5.74, 6) is 2.59. The van der Waals surface area contributed by atoms with Gasteiger partial charge in [0.25, 0.3) is 0 Å². The Morgan fingerprint density at radius 2 is 1.78 bits per heavy atom. The normalized spacial score (nSPS) is 16.1. The molecule has 5 rings (SSSR count). The van der Waals surface area contributed by atoms with Crippen molar-refractivity contribution in [3.63, 3.8) is 0 Å². The molecule has 0 spiro atoms. The van der Waals surface area contributed by atoms with Crippen molar-refractivity contribution in [2.24, 2.45) is 0 Å². The van der Waals surface area contributed by atoms with E-state index in [0.717, 1.165) is 16.7 Å². The van der Waals surface area contributed by atoms with E-state index in [2.05, 4.69) is 0 Å². The van der Waals surface area contributed by atoms with Crippen LogP contribution < -0.4 is 23.7 Å². The zero-order chi connectivity index (χ0) is 25.1. The Balaban J connectivity index is 1.42. The average Bonchev–Trinajstić information content (AvgIpc) is 3.38. The van der Waals surface area contributed by atoms with Crippen LogP contribution in [0.4, 0.5) is 4.39 Å². The number of methoxy groups -OCH3 is 2. The molecule has 1 amide bonds. The number of hydrogen-bond acceptors (Lipinski definition) is 6. The van der Waals surface area contributed by atoms with Gasteiger partial charge in [-0.3, -0.25) is 4.79 Å². The van der Waals surface area contributed by atoms with Crippen molar-refractivity contribution in [3.05, 3.63) is 83.2 Å². The molecule has 0 radical (unpaired) electrons. The van der Waals surface area contributed by atoms with Crippen LogP contribution in [0.5, 0.6) is 28.7 Å². The monoisotopic (exact) mass is 491 g/mol. The van der Waals surface area contributed by atoms with Gasteiger partial charge in [0.2, 0.25) is 12.7 Å². The third kappa shape index (κ3) is 4.79. The van der Waals surface area contributed by atoms with Crippen molar-refractivity contribution in [1.82, 2.24) is 4.90 Å². The molecule has 2 aliphatic rings. The van der Waals surface area contributed by atoms with Crippen molar-refractivity contribution in [1.29, 1.82) is 0 Å². The number of benzene rings is 3. The number of carbonyl (C=O) groups is 1. The number of hydrogen-bond donors (Lipinski definition) is 0. The fourth-order valence-electron chi connectivity index (χ4n) is 4.46. The molecular weight excluding hydrogens is 465 g/mol. The number of nitrogens with zero attached hydrogens (tertiary/aromatic N) is 1. The Hall–Kier alpha value is -4.20. The number of fused-ring (bicyclic) bond motifs is 2. The lowest BCUT2D eigenvalue weighted by Crippen LogP contribution is -2.41. The summed E-state index contributed by atoms with van der Waals surface area (Å²) in [6.07, 6.45) is 3.97. The van der Waals surface area contributed by atoms with Gasteiger partial charge in [0, 0.05) is 12.6 Å². The molecule has 8 heteroatoms. The largest absolute Gasteiger partial charge is 0.493 e. The van der Waals surface area contributed by atoms with Gasteiger partial charge >= 0.3 is 0 Å². The third-order valence-electron chi connectivity index (χ3n) is 6.32. The first-order valence-corrected chi connectivity index (χ1v) is 11.6. The number of rotatable bonds is 7. The second-order valence-corrected chi connectivity index (χ2v) is 8.41. The molecule has 2 aliphatic heterocycles. The molecule has 186 valence electrons. The molecule has 0 N–H and O–H groups in total. The van der Waals surface area contributed by atoms with Crippen molar-refractivity contribution in [3.8, 4) is 28.7 Å². The summed E-state index contributed by atoms with van der Waals surface area (Å²) >= 11 is 0. The summed E-state index contributed by atoms with van der Waals surface area (Å²) in [6, 6.07) is 14.8. The maximum Gasteiger partial charge on any atom is 0.247 e. The van der Waals surface area contributed by atoms with Crippen LogP contribution in [-0.4, -0.2) is 45.0 Å². The number of carbonyl (C=O) groups excluding carboxylic acids is 1. The van der Waals surface area contributed by atoms with E-state index >= 15 is 0 Å². The third-order valence-corrected chi connectivity index (χ3v) is 6.32. The average molecular weight is 492 g/mol. The van der Waals surface area contributed by atoms with Crippen LogP contribution >= 0.6 is 0 Å². The second kappa shape index (κ2) is 10.2. The Bertz CT molecular complexity index is 1290. The summed E-state index contributed by atoms with van der Waals surface area (Å²) in [6.45, 7) is 0.889. The van der Waals surface area contributed by atoms with Crippen LogP contribution in [0.1, 0.15) is 22.7 Å². The second-order valence-electron chi connectivity index (χ2n) is 8.41. The molecule has 2 heterocycles. The van der Waals surface area contributed by atoms with Crippen LogP contribution in [0, 0.1) is 5.82 Å². The van der Waals surface area contributed by atoms with E-state index in [1.807, 2.05) is 30.3 Å². The first kappa shape index (κ1) is 23.5. The molecule has 1 unspecified atom stereocenters. The summed E-state index contributed by atoms with van der Waals surface area (Å²) in [5, 5.41) is 0. The van der Waals surface area contributed by atoms with Gasteiger partial charge in [-0.05, 0) is 77.7 Å². The van der Waals surface area contributed by atoms with Crippen LogP contribution in [0.3, 0.4) is 0 Å². The number of amides is 1. The molecule has 0 bridgehead atoms. The summed E-state index contributed by atoms with van der Waals surface area (Å²) in [5.41, 5.74) is 2.81. The lowest BCUT2D eigenvalue weighted by atomic mass is 9.92. The maximum atomic E-state index is 13.4. The van der Waals surface area contributed by atoms with Gasteiger partial charge in [0.1, 0.15) is 18.2 Å². The lowest BCUT2D eigenvalue weighted by Gasteiger charge is -2.37. The van der Waals surface area contributed by atoms with Gasteiger partial charge in [-0.1, -0.05) is 6.07 Å². The van der Waals surface area contributed by atoms with Crippen LogP contribution in [0.25, 0.3) is 6.08 Å². The van der Waals surface area contributed by atoms with Gasteiger partial charge < -0.3 is 28.6 Å². The quantitative estimate of drug-likeness (QED) is 0.443. The fraction of sp³-hybridized carbons (Fsp3) is 0.250. The highest BCUT2D eigenvalue weighted by Gasteiger charge is 2.32. The van der Waals surface area contributed by atoms with E-state index in [-0.39, 0.29) is 31.2 Å². The van der Waals surface area contributed by atoms with Gasteiger partial charge in [-0.15, -0.1) is 0 Å². The molecule has 0 saturated heterocycles. The molecule has 1 atom stereocenters. The zero-order valence-corrected chi connectivity index (χ0v) is 20.0. The summed E-state index contributed by atoms with van der Waals surface area (Å²) < 4.78 is 41.1. The lowest BCUT2D eigenvalue weighted by molar-refractivity contribution is -0.129. The Morgan fingerprint density at radius 1 is 1.03 bits per heavy atom. The Kier molecular flexibility index (Phi) is 6.66. The van der Waals surface area contributed by atoms with Crippen molar-refractivity contribution >= 4 is 12.0 Å². The van der Waals surface area contributed by atoms with Gasteiger partial charge in [-0.2, -0.15) is 0 Å². The van der Waals surface area contributed by atoms with Crippen molar-refractivity contribution in [2.45, 2.75) is 12.5 Å². The topological polar surface area (TPSA) is 66.5 Å². The van der Waals surface area contributed by atoms with E-state index < -0.39 is 0 Å². The molecule has 3 aromatic carbocycles. The molecule has 36 heavy (non-hydrogen) atoms. The number of halogens is 1. The molecule has 0 saturated carbocycles. The standard InChI is InChI=1S/C28H26FNO6/c1-32-25-14-19-11-12-30(28(31)10-4-18-3-9-24-27(13-18)36-17-35-24)23(22(19)15-26(25)33-2)16-34-21-7-5-20(29)6-8-21/h3-10,13-15,23H,11-12,16-17H2,1-2H3/b10-4+. The Morgan fingerprint density at radius 3 is 2.56 bits per heavy atom. The SMILES string of the molecule is COc1cc2c(cc1OC)C(COc1ccc(F)cc1)N(C(=O)/C=C/c1ccc3c(c1)OCO3)CC2. The minimum Gasteiger partial charge on any atom is -0.493 e. The predicted molar refractivity (Wildman–Crippen MR) is 131 cm³/mol. The molecule has 0 aromatic heterocycles. The van der Waals surface area contributed by atoms with Crippen LogP contribution in [-0.2, 0) is 11.2 Å². The van der Waals surface area contributed by atoms with E-state index in [0.29, 0.717) is 41.7 Å². The maximum absolute atomic E-state index is 13.4. The van der Waals surface area contributed by atoms with E-state index in [9.17, 15) is 9.18 Å². The van der Waals surface area contributed by atoms with Gasteiger partial charge in [0.15, 0.2) is 23.0 Å². The summed E-state index contributed by atoms with van der Waals surface area (Å²) in [7, 11) is 3.17. The zero-order valence-electron chi connectivity index (χ0n) is 20.0. The van der Waals surface area contributed by atoms with Gasteiger partial charge in [-0.25, -0.2) is 4.39 Å². The van der Waals surface area contributed by atoms with Crippen LogP contribution in [0.2, 0.25) is 0 Å². The van der Waals surface area contributed by atoms with Crippen molar-refractivity contribution in [2.75, 3.05) is 34.2 Å². The molecule has 3 aromatic rings. The van der Waals surface area contributed by atoms with E-state index in [4.69, 9.17) is 23.7 Å². The smallest absolute Gasteiger partial charge is 0.247 e. The van der Waals surface area contributed by atoms with Crippen LogP contribution in [0.15, 0.2) is 60.7 Å². The highest BCUT2D eigenvalue weighted by molar-refractivity contribution is 5.92. The Labute approximate surface area is 208 Å². The molecule has 7 nitrogen and oxygen atoms in total. The molecule has 0 fully saturated rings. The highest BCUT2D eigenvalue weighted by atomic mass is 19.1. The van der Waals surface area contributed by atoms with E-state index in [1.54, 1.807) is 43.4 Å². The molecule has 0 aliphatic carbocycles. The van der Waals surface area contributed by atoms with E-state index in [1.165, 1.54) is 12.1 Å². The number of ether oxygens (including phenoxy) is 5. The fourth-order valence-corrected chi connectivity index (χ4v) is 4.46. The first-order valence-electron chi connectivity index (χ1n) is 11.6. The molecular formula is C28H26FNO6. The summed E-state index contributed by atoms with van der Waals surface area (Å²) in [4.78, 5) is 15.2. The van der Waals surface area contributed by atoms with Gasteiger partial charge in [0.05, 0.1) is 20.3 Å². The highest BCUT2D eigenvalue weighted by Crippen LogP contribution is 2.39. The first-order chi connectivity index (χ1) is 17.6. The minimum atomic E-state index is -0.382. The minimum absolute atomic E-state index is 0.152.